The predicted molar refractivity (Wildman–Crippen MR) is 62.8 cm³/mol. The number of hydrogen-bond donors (Lipinski definition) is 2. The molecule has 2 N–H and O–H groups in total. The molecule has 1 aromatic rings. The van der Waals surface area contributed by atoms with Crippen molar-refractivity contribution in [1.29, 1.82) is 0 Å². The van der Waals surface area contributed by atoms with E-state index in [0.717, 1.165) is 17.5 Å². The molecule has 0 bridgehead atoms. The summed E-state index contributed by atoms with van der Waals surface area (Å²) in [6.45, 7) is 3.45. The molecule has 0 heterocycles. The number of carboxylic acid groups (broad SMARTS) is 1. The zero-order valence-corrected chi connectivity index (χ0v) is 9.93. The van der Waals surface area contributed by atoms with Gasteiger partial charge >= 0.3 is 5.97 Å². The molecule has 0 saturated heterocycles. The van der Waals surface area contributed by atoms with Crippen LogP contribution in [0.1, 0.15) is 36.6 Å². The maximum absolute atomic E-state index is 11.1. The Morgan fingerprint density at radius 3 is 2.41 bits per heavy atom. The van der Waals surface area contributed by atoms with E-state index in [1.54, 1.807) is 18.2 Å². The Hall–Kier alpha value is -1.68. The molecule has 1 rings (SSSR count). The number of carbonyl (C=O) groups excluding carboxylic acids is 1. The Labute approximate surface area is 99.9 Å². The third-order valence-corrected chi connectivity index (χ3v) is 2.60. The molecular weight excluding hydrogens is 220 g/mol. The highest BCUT2D eigenvalue weighted by atomic mass is 16.4. The number of hydrogen-bond acceptors (Lipinski definition) is 3. The Bertz CT molecular complexity index is 437. The molecule has 1 atom stereocenters. The van der Waals surface area contributed by atoms with Crippen LogP contribution < -0.4 is 0 Å². The first-order valence-electron chi connectivity index (χ1n) is 5.47. The van der Waals surface area contributed by atoms with Crippen LogP contribution in [-0.4, -0.2) is 22.0 Å². The monoisotopic (exact) mass is 236 g/mol. The number of aliphatic carboxylic acids is 1. The van der Waals surface area contributed by atoms with E-state index in [2.05, 4.69) is 0 Å². The smallest absolute Gasteiger partial charge is 0.337 e. The molecule has 0 saturated carbocycles. The number of rotatable bonds is 5. The number of Topliss-reactive ketones (excluding diaryl/α,β-unsaturated/α-hetero) is 1. The summed E-state index contributed by atoms with van der Waals surface area (Å²) in [5.74, 6) is -1.27. The highest BCUT2D eigenvalue weighted by molar-refractivity contribution is 5.79. The molecule has 4 nitrogen and oxygen atoms in total. The molecule has 17 heavy (non-hydrogen) atoms. The van der Waals surface area contributed by atoms with Gasteiger partial charge in [0.15, 0.2) is 6.10 Å². The number of ketones is 1. The van der Waals surface area contributed by atoms with Gasteiger partial charge in [0.1, 0.15) is 5.78 Å². The summed E-state index contributed by atoms with van der Waals surface area (Å²) in [5, 5.41) is 18.2. The quantitative estimate of drug-likeness (QED) is 0.812. The lowest BCUT2D eigenvalue weighted by molar-refractivity contribution is -0.146. The summed E-state index contributed by atoms with van der Waals surface area (Å²) in [6, 6.07) is 4.94. The van der Waals surface area contributed by atoms with Crippen molar-refractivity contribution in [1.82, 2.24) is 0 Å². The van der Waals surface area contributed by atoms with Crippen LogP contribution in [0.15, 0.2) is 18.2 Å². The fourth-order valence-electron chi connectivity index (χ4n) is 1.74. The fourth-order valence-corrected chi connectivity index (χ4v) is 1.74. The minimum Gasteiger partial charge on any atom is -0.479 e. The number of carbonyl (C=O) groups is 2. The van der Waals surface area contributed by atoms with Crippen LogP contribution in [0.2, 0.25) is 0 Å². The second-order valence-electron chi connectivity index (χ2n) is 4.00. The standard InChI is InChI=1S/C13H16O4/c1-3-9-4-5-10(12(15)13(16)17)7-11(9)6-8(2)14/h4-5,7,12,15H,3,6H2,1-2H3,(H,16,17). The maximum Gasteiger partial charge on any atom is 0.337 e. The molecule has 0 aliphatic heterocycles. The summed E-state index contributed by atoms with van der Waals surface area (Å²) in [5.41, 5.74) is 2.10. The van der Waals surface area contributed by atoms with Gasteiger partial charge in [-0.25, -0.2) is 4.79 Å². The van der Waals surface area contributed by atoms with Crippen LogP contribution in [0.5, 0.6) is 0 Å². The molecular formula is C13H16O4. The average molecular weight is 236 g/mol. The largest absolute Gasteiger partial charge is 0.479 e. The van der Waals surface area contributed by atoms with E-state index in [4.69, 9.17) is 5.11 Å². The summed E-state index contributed by atoms with van der Waals surface area (Å²) in [6.07, 6.45) is -0.498. The van der Waals surface area contributed by atoms with Crippen molar-refractivity contribution >= 4 is 11.8 Å². The lowest BCUT2D eigenvalue weighted by Crippen LogP contribution is -2.11. The van der Waals surface area contributed by atoms with E-state index < -0.39 is 12.1 Å². The van der Waals surface area contributed by atoms with Gasteiger partial charge in [0.05, 0.1) is 0 Å². The zero-order valence-electron chi connectivity index (χ0n) is 9.93. The van der Waals surface area contributed by atoms with Crippen LogP contribution in [0.3, 0.4) is 0 Å². The van der Waals surface area contributed by atoms with E-state index in [-0.39, 0.29) is 12.2 Å². The molecule has 4 heteroatoms. The van der Waals surface area contributed by atoms with E-state index in [9.17, 15) is 14.7 Å². The highest BCUT2D eigenvalue weighted by Gasteiger charge is 2.17. The maximum atomic E-state index is 11.1. The van der Waals surface area contributed by atoms with Crippen molar-refractivity contribution in [2.24, 2.45) is 0 Å². The third kappa shape index (κ3) is 3.39. The zero-order chi connectivity index (χ0) is 13.0. The molecule has 0 amide bonds. The van der Waals surface area contributed by atoms with Gasteiger partial charge in [0.2, 0.25) is 0 Å². The highest BCUT2D eigenvalue weighted by Crippen LogP contribution is 2.19. The fraction of sp³-hybridized carbons (Fsp3) is 0.385. The molecule has 0 fully saturated rings. The summed E-state index contributed by atoms with van der Waals surface area (Å²) >= 11 is 0. The van der Waals surface area contributed by atoms with Gasteiger partial charge < -0.3 is 10.2 Å². The van der Waals surface area contributed by atoms with Gasteiger partial charge in [-0.1, -0.05) is 25.1 Å². The predicted octanol–water partition coefficient (Wildman–Crippen LogP) is 1.50. The second-order valence-corrected chi connectivity index (χ2v) is 4.00. The normalized spacial score (nSPS) is 12.2. The summed E-state index contributed by atoms with van der Waals surface area (Å²) in [4.78, 5) is 21.8. The van der Waals surface area contributed by atoms with Crippen LogP contribution in [0.4, 0.5) is 0 Å². The minimum absolute atomic E-state index is 0.0154. The van der Waals surface area contributed by atoms with Crippen molar-refractivity contribution in [3.8, 4) is 0 Å². The number of aliphatic hydroxyl groups is 1. The summed E-state index contributed by atoms with van der Waals surface area (Å²) < 4.78 is 0. The molecule has 1 aromatic carbocycles. The van der Waals surface area contributed by atoms with Gasteiger partial charge in [0, 0.05) is 6.42 Å². The molecule has 0 aromatic heterocycles. The van der Waals surface area contributed by atoms with Crippen molar-refractivity contribution in [2.75, 3.05) is 0 Å². The Morgan fingerprint density at radius 1 is 1.29 bits per heavy atom. The van der Waals surface area contributed by atoms with Gasteiger partial charge in [-0.05, 0) is 30.0 Å². The summed E-state index contributed by atoms with van der Waals surface area (Å²) in [7, 11) is 0. The van der Waals surface area contributed by atoms with E-state index >= 15 is 0 Å². The number of carboxylic acids is 1. The van der Waals surface area contributed by atoms with Crippen molar-refractivity contribution in [3.63, 3.8) is 0 Å². The van der Waals surface area contributed by atoms with Crippen molar-refractivity contribution in [2.45, 2.75) is 32.8 Å². The van der Waals surface area contributed by atoms with E-state index in [1.165, 1.54) is 6.92 Å². The molecule has 1 unspecified atom stereocenters. The Kier molecular flexibility index (Phi) is 4.40. The average Bonchev–Trinajstić information content (AvgIpc) is 2.27. The van der Waals surface area contributed by atoms with Crippen LogP contribution in [-0.2, 0) is 22.4 Å². The van der Waals surface area contributed by atoms with Crippen molar-refractivity contribution in [3.05, 3.63) is 34.9 Å². The van der Waals surface area contributed by atoms with Crippen molar-refractivity contribution < 1.29 is 19.8 Å². The molecule has 0 spiro atoms. The first-order chi connectivity index (χ1) is 7.95. The lowest BCUT2D eigenvalue weighted by atomic mass is 9.96. The number of aliphatic hydroxyl groups excluding tert-OH is 1. The Balaban J connectivity index is 3.12. The van der Waals surface area contributed by atoms with Crippen LogP contribution in [0.25, 0.3) is 0 Å². The Morgan fingerprint density at radius 2 is 1.94 bits per heavy atom. The minimum atomic E-state index is -1.54. The lowest BCUT2D eigenvalue weighted by Gasteiger charge is -2.11. The van der Waals surface area contributed by atoms with Crippen LogP contribution in [0, 0.1) is 0 Å². The third-order valence-electron chi connectivity index (χ3n) is 2.60. The molecule has 0 aliphatic rings. The SMILES string of the molecule is CCc1ccc(C(O)C(=O)O)cc1CC(C)=O. The topological polar surface area (TPSA) is 74.6 Å². The first-order valence-corrected chi connectivity index (χ1v) is 5.47. The molecule has 0 aliphatic carbocycles. The van der Waals surface area contributed by atoms with Gasteiger partial charge in [-0.3, -0.25) is 4.79 Å². The van der Waals surface area contributed by atoms with Gasteiger partial charge in [-0.2, -0.15) is 0 Å². The first kappa shape index (κ1) is 13.4. The molecule has 92 valence electrons. The van der Waals surface area contributed by atoms with Crippen LogP contribution >= 0.6 is 0 Å². The number of benzene rings is 1. The van der Waals surface area contributed by atoms with E-state index in [1.807, 2.05) is 6.92 Å². The molecule has 0 radical (unpaired) electrons. The van der Waals surface area contributed by atoms with Gasteiger partial charge in [-0.15, -0.1) is 0 Å². The van der Waals surface area contributed by atoms with Gasteiger partial charge in [0.25, 0.3) is 0 Å². The number of aryl methyl sites for hydroxylation is 1. The second kappa shape index (κ2) is 5.59. The van der Waals surface area contributed by atoms with E-state index in [0.29, 0.717) is 5.56 Å².